The van der Waals surface area contributed by atoms with Crippen molar-refractivity contribution >= 4 is 65.2 Å². The molecule has 0 atom stereocenters. The molecule has 1 aromatic heterocycles. The molecule has 0 saturated heterocycles. The minimum Gasteiger partial charge on any atom is -0.354 e. The molecule has 1 heterocycles. The Morgan fingerprint density at radius 1 is 0.826 bits per heavy atom. The number of rotatable bonds is 4. The summed E-state index contributed by atoms with van der Waals surface area (Å²) < 4.78 is 0. The molecule has 0 bridgehead atoms. The van der Waals surface area contributed by atoms with Crippen molar-refractivity contribution in [1.82, 2.24) is 4.98 Å². The molecule has 0 saturated carbocycles. The highest BCUT2D eigenvalue weighted by Crippen LogP contribution is 2.37. The van der Waals surface area contributed by atoms with E-state index in [1.165, 1.54) is 21.9 Å². The van der Waals surface area contributed by atoms with E-state index < -0.39 is 0 Å². The third-order valence-corrected chi connectivity index (χ3v) is 5.53. The fourth-order valence-corrected chi connectivity index (χ4v) is 4.12. The lowest BCUT2D eigenvalue weighted by molar-refractivity contribution is 0.101. The Kier molecular flexibility index (Phi) is 3.65. The molecule has 2 aromatic carbocycles. The van der Waals surface area contributed by atoms with Gasteiger partial charge in [0.1, 0.15) is 0 Å². The number of hydrogen-bond donors (Lipinski definition) is 1. The van der Waals surface area contributed by atoms with Gasteiger partial charge in [0.15, 0.2) is 11.6 Å². The molecular formula is C18H13Br2NO2. The first-order chi connectivity index (χ1) is 11.1. The maximum atomic E-state index is 12.0. The molecule has 23 heavy (non-hydrogen) atoms. The van der Waals surface area contributed by atoms with Gasteiger partial charge in [0.25, 0.3) is 0 Å². The lowest BCUT2D eigenvalue weighted by atomic mass is 9.88. The largest absolute Gasteiger partial charge is 0.354 e. The summed E-state index contributed by atoms with van der Waals surface area (Å²) >= 11 is 6.48. The van der Waals surface area contributed by atoms with E-state index >= 15 is 0 Å². The van der Waals surface area contributed by atoms with Crippen LogP contribution in [0.1, 0.15) is 31.8 Å². The molecule has 5 heteroatoms. The number of carbonyl (C=O) groups is 2. The van der Waals surface area contributed by atoms with Crippen LogP contribution in [0, 0.1) is 0 Å². The third-order valence-electron chi connectivity index (χ3n) is 4.51. The third kappa shape index (κ3) is 2.29. The van der Waals surface area contributed by atoms with E-state index in [-0.39, 0.29) is 11.6 Å². The number of hydrogen-bond acceptors (Lipinski definition) is 2. The topological polar surface area (TPSA) is 49.9 Å². The number of carbonyl (C=O) groups excluding carboxylic acids is 2. The van der Waals surface area contributed by atoms with Crippen LogP contribution in [0.25, 0.3) is 21.8 Å². The smallest absolute Gasteiger partial charge is 0.173 e. The summed E-state index contributed by atoms with van der Waals surface area (Å²) in [5.41, 5.74) is 5.85. The minimum absolute atomic E-state index is 0.0859. The predicted octanol–water partition coefficient (Wildman–Crippen LogP) is 4.57. The Bertz CT molecular complexity index is 910. The first-order valence-corrected chi connectivity index (χ1v) is 9.66. The Balaban J connectivity index is 2.04. The quantitative estimate of drug-likeness (QED) is 0.482. The number of alkyl halides is 2. The van der Waals surface area contributed by atoms with Gasteiger partial charge in [-0.2, -0.15) is 0 Å². The molecular weight excluding hydrogens is 422 g/mol. The molecule has 4 rings (SSSR count). The van der Waals surface area contributed by atoms with Crippen molar-refractivity contribution < 1.29 is 9.59 Å². The second kappa shape index (κ2) is 5.56. The molecule has 0 aliphatic heterocycles. The van der Waals surface area contributed by atoms with E-state index in [0.29, 0.717) is 10.7 Å². The number of halogens is 2. The monoisotopic (exact) mass is 433 g/mol. The predicted molar refractivity (Wildman–Crippen MR) is 99.5 cm³/mol. The number of H-pyrrole nitrogens is 1. The van der Waals surface area contributed by atoms with Gasteiger partial charge in [0, 0.05) is 32.9 Å². The molecule has 3 nitrogen and oxygen atoms in total. The van der Waals surface area contributed by atoms with Gasteiger partial charge >= 0.3 is 0 Å². The maximum absolute atomic E-state index is 12.0. The van der Waals surface area contributed by atoms with Crippen LogP contribution < -0.4 is 0 Å². The molecule has 0 amide bonds. The molecule has 3 aromatic rings. The van der Waals surface area contributed by atoms with Crippen LogP contribution in [0.4, 0.5) is 0 Å². The van der Waals surface area contributed by atoms with Gasteiger partial charge in [-0.1, -0.05) is 31.9 Å². The average molecular weight is 435 g/mol. The Morgan fingerprint density at radius 2 is 1.26 bits per heavy atom. The summed E-state index contributed by atoms with van der Waals surface area (Å²) in [7, 11) is 0. The van der Waals surface area contributed by atoms with Crippen LogP contribution in [-0.4, -0.2) is 27.2 Å². The van der Waals surface area contributed by atoms with Crippen LogP contribution in [0.2, 0.25) is 0 Å². The van der Waals surface area contributed by atoms with Gasteiger partial charge < -0.3 is 4.98 Å². The van der Waals surface area contributed by atoms with Crippen molar-refractivity contribution in [2.75, 3.05) is 10.7 Å². The molecule has 0 fully saturated rings. The summed E-state index contributed by atoms with van der Waals surface area (Å²) in [6, 6.07) is 7.87. The van der Waals surface area contributed by atoms with Crippen molar-refractivity contribution in [3.63, 3.8) is 0 Å². The number of aromatic amines is 1. The molecule has 1 aliphatic carbocycles. The van der Waals surface area contributed by atoms with Crippen molar-refractivity contribution in [2.45, 2.75) is 12.8 Å². The zero-order valence-corrected chi connectivity index (χ0v) is 15.4. The highest BCUT2D eigenvalue weighted by Gasteiger charge is 2.21. The lowest BCUT2D eigenvalue weighted by Gasteiger charge is -2.15. The van der Waals surface area contributed by atoms with Crippen molar-refractivity contribution in [3.05, 3.63) is 46.5 Å². The molecule has 116 valence electrons. The Hall–Kier alpha value is -1.46. The molecule has 1 N–H and O–H groups in total. The lowest BCUT2D eigenvalue weighted by Crippen LogP contribution is -2.06. The number of ketones is 2. The van der Waals surface area contributed by atoms with E-state index in [4.69, 9.17) is 0 Å². The Morgan fingerprint density at radius 3 is 1.65 bits per heavy atom. The van der Waals surface area contributed by atoms with Crippen LogP contribution in [0.5, 0.6) is 0 Å². The number of aryl methyl sites for hydroxylation is 2. The number of Topliss-reactive ketones (excluding diaryl/α,β-unsaturated/α-hetero) is 2. The fraction of sp³-hybridized carbons (Fsp3) is 0.222. The normalized spacial score (nSPS) is 13.1. The zero-order chi connectivity index (χ0) is 16.1. The van der Waals surface area contributed by atoms with E-state index in [1.54, 1.807) is 0 Å². The molecule has 0 spiro atoms. The summed E-state index contributed by atoms with van der Waals surface area (Å²) in [6.45, 7) is 0. The number of benzene rings is 2. The highest BCUT2D eigenvalue weighted by molar-refractivity contribution is 9.09. The number of aromatic nitrogens is 1. The van der Waals surface area contributed by atoms with Crippen molar-refractivity contribution in [2.24, 2.45) is 0 Å². The zero-order valence-electron chi connectivity index (χ0n) is 12.2. The van der Waals surface area contributed by atoms with Gasteiger partial charge in [-0.15, -0.1) is 0 Å². The second-order valence-electron chi connectivity index (χ2n) is 5.85. The van der Waals surface area contributed by atoms with Crippen LogP contribution in [0.15, 0.2) is 24.3 Å². The van der Waals surface area contributed by atoms with Gasteiger partial charge in [-0.05, 0) is 48.2 Å². The van der Waals surface area contributed by atoms with Gasteiger partial charge in [-0.25, -0.2) is 0 Å². The van der Waals surface area contributed by atoms with Gasteiger partial charge in [0.05, 0.1) is 10.7 Å². The standard InChI is InChI=1S/C18H13Br2NO2/c19-7-15(22)11-3-9-1-2-10-4-12(16(23)8-20)6-14-18(10)17(9)13(5-11)21-14/h3-6,21H,1-2,7-8H2. The van der Waals surface area contributed by atoms with E-state index in [1.807, 2.05) is 24.3 Å². The average Bonchev–Trinajstić information content (AvgIpc) is 2.96. The second-order valence-corrected chi connectivity index (χ2v) is 6.98. The fourth-order valence-electron chi connectivity index (χ4n) is 3.48. The summed E-state index contributed by atoms with van der Waals surface area (Å²) in [4.78, 5) is 27.5. The SMILES string of the molecule is O=C(CBr)c1cc2c3c(c1)[nH]c1cc(C(=O)CBr)cc(c13)CC2. The first-order valence-electron chi connectivity index (χ1n) is 7.42. The molecule has 0 radical (unpaired) electrons. The van der Waals surface area contributed by atoms with Gasteiger partial charge in [-0.3, -0.25) is 9.59 Å². The minimum atomic E-state index is 0.0859. The van der Waals surface area contributed by atoms with Gasteiger partial charge in [0.2, 0.25) is 0 Å². The van der Waals surface area contributed by atoms with Crippen LogP contribution >= 0.6 is 31.9 Å². The first kappa shape index (κ1) is 15.1. The van der Waals surface area contributed by atoms with Crippen molar-refractivity contribution in [3.8, 4) is 0 Å². The summed E-state index contributed by atoms with van der Waals surface area (Å²) in [6.07, 6.45) is 1.79. The maximum Gasteiger partial charge on any atom is 0.173 e. The van der Waals surface area contributed by atoms with E-state index in [2.05, 4.69) is 36.8 Å². The molecule has 0 unspecified atom stereocenters. The Labute approximate surface area is 149 Å². The summed E-state index contributed by atoms with van der Waals surface area (Å²) in [5.74, 6) is 0.172. The van der Waals surface area contributed by atoms with Crippen molar-refractivity contribution in [1.29, 1.82) is 0 Å². The van der Waals surface area contributed by atoms with Crippen LogP contribution in [0.3, 0.4) is 0 Å². The van der Waals surface area contributed by atoms with E-state index in [9.17, 15) is 9.59 Å². The summed E-state index contributed by atoms with van der Waals surface area (Å²) in [5, 5.41) is 3.05. The molecule has 1 aliphatic rings. The highest BCUT2D eigenvalue weighted by atomic mass is 79.9. The number of nitrogens with one attached hydrogen (secondary N) is 1. The van der Waals surface area contributed by atoms with E-state index in [0.717, 1.165) is 35.0 Å². The van der Waals surface area contributed by atoms with Crippen LogP contribution in [-0.2, 0) is 12.8 Å².